The molecule has 1 aromatic carbocycles. The molecule has 1 aromatic rings. The van der Waals surface area contributed by atoms with E-state index in [1.54, 1.807) is 6.07 Å². The van der Waals surface area contributed by atoms with E-state index in [9.17, 15) is 9.59 Å². The smallest absolute Gasteiger partial charge is 0.259 e. The predicted molar refractivity (Wildman–Crippen MR) is 94.1 cm³/mol. The normalized spacial score (nSPS) is 19.2. The van der Waals surface area contributed by atoms with E-state index < -0.39 is 0 Å². The number of hydrogen-bond donors (Lipinski definition) is 2. The Morgan fingerprint density at radius 3 is 2.54 bits per heavy atom. The Labute approximate surface area is 144 Å². The fourth-order valence-corrected chi connectivity index (χ4v) is 3.82. The lowest BCUT2D eigenvalue weighted by Gasteiger charge is -2.38. The van der Waals surface area contributed by atoms with Gasteiger partial charge in [-0.25, -0.2) is 0 Å². The largest absolute Gasteiger partial charge is 0.324 e. The average molecular weight is 330 g/mol. The summed E-state index contributed by atoms with van der Waals surface area (Å²) in [5.41, 5.74) is 2.15. The highest BCUT2D eigenvalue weighted by Gasteiger charge is 2.28. The van der Waals surface area contributed by atoms with E-state index in [0.717, 1.165) is 31.5 Å². The van der Waals surface area contributed by atoms with Gasteiger partial charge >= 0.3 is 0 Å². The molecule has 2 heterocycles. The van der Waals surface area contributed by atoms with Crippen molar-refractivity contribution < 1.29 is 14.1 Å². The molecule has 2 aliphatic heterocycles. The number of benzene rings is 1. The zero-order chi connectivity index (χ0) is 17.0. The molecule has 1 fully saturated rings. The molecule has 130 valence electrons. The predicted octanol–water partition coefficient (Wildman–Crippen LogP) is 1.72. The molecular formula is C19H28N3O2+. The number of amides is 2. The summed E-state index contributed by atoms with van der Waals surface area (Å²) in [5.74, 6) is -0.494. The van der Waals surface area contributed by atoms with Crippen LogP contribution in [0.2, 0.25) is 0 Å². The Balaban J connectivity index is 1.42. The van der Waals surface area contributed by atoms with Crippen molar-refractivity contribution in [1.82, 2.24) is 10.6 Å². The van der Waals surface area contributed by atoms with Crippen LogP contribution in [0.3, 0.4) is 0 Å². The first kappa shape index (κ1) is 17.1. The lowest BCUT2D eigenvalue weighted by molar-refractivity contribution is -0.911. The molecule has 0 unspecified atom stereocenters. The number of piperazine rings is 1. The number of unbranched alkanes of at least 4 members (excludes halogenated alkanes) is 3. The van der Waals surface area contributed by atoms with Gasteiger partial charge in [-0.05, 0) is 37.3 Å². The number of nitrogens with zero attached hydrogens (tertiary/aromatic N) is 1. The third kappa shape index (κ3) is 3.84. The van der Waals surface area contributed by atoms with E-state index in [2.05, 4.69) is 17.7 Å². The summed E-state index contributed by atoms with van der Waals surface area (Å²) in [6.07, 6.45) is 5.63. The second-order valence-electron chi connectivity index (χ2n) is 7.33. The minimum atomic E-state index is -0.259. The first-order valence-corrected chi connectivity index (χ1v) is 9.11. The van der Waals surface area contributed by atoms with Crippen LogP contribution >= 0.6 is 0 Å². The molecule has 5 nitrogen and oxygen atoms in total. The van der Waals surface area contributed by atoms with Gasteiger partial charge in [0.2, 0.25) is 0 Å². The molecule has 0 radical (unpaired) electrons. The van der Waals surface area contributed by atoms with Gasteiger partial charge in [-0.3, -0.25) is 14.9 Å². The first-order chi connectivity index (χ1) is 11.6. The van der Waals surface area contributed by atoms with E-state index >= 15 is 0 Å². The van der Waals surface area contributed by atoms with Crippen molar-refractivity contribution in [2.75, 3.05) is 39.8 Å². The highest BCUT2D eigenvalue weighted by atomic mass is 16.2. The number of rotatable bonds is 7. The molecule has 0 saturated carbocycles. The molecule has 3 rings (SSSR count). The molecule has 0 aliphatic carbocycles. The summed E-state index contributed by atoms with van der Waals surface area (Å²) >= 11 is 0. The van der Waals surface area contributed by atoms with Crippen LogP contribution in [-0.4, -0.2) is 56.1 Å². The second-order valence-corrected chi connectivity index (χ2v) is 7.33. The molecule has 2 aliphatic rings. The summed E-state index contributed by atoms with van der Waals surface area (Å²) in [7, 11) is 2.36. The Kier molecular flexibility index (Phi) is 5.31. The van der Waals surface area contributed by atoms with Gasteiger partial charge < -0.3 is 9.80 Å². The van der Waals surface area contributed by atoms with Gasteiger partial charge in [0.25, 0.3) is 11.8 Å². The fourth-order valence-electron chi connectivity index (χ4n) is 3.82. The Hall–Kier alpha value is -1.72. The number of nitrogens with one attached hydrogen (secondary N) is 2. The first-order valence-electron chi connectivity index (χ1n) is 9.11. The fraction of sp³-hybridized carbons (Fsp3) is 0.579. The van der Waals surface area contributed by atoms with Crippen LogP contribution in [0.15, 0.2) is 18.2 Å². The van der Waals surface area contributed by atoms with Crippen LogP contribution in [0.25, 0.3) is 0 Å². The number of likely N-dealkylation sites (N-methyl/N-ethyl adjacent to an activating group) is 1. The van der Waals surface area contributed by atoms with E-state index in [-0.39, 0.29) is 11.8 Å². The number of carbonyl (C=O) groups excluding carboxylic acids is 2. The van der Waals surface area contributed by atoms with E-state index in [0.29, 0.717) is 11.1 Å². The average Bonchev–Trinajstić information content (AvgIpc) is 2.87. The Bertz CT molecular complexity index is 621. The number of quaternary nitrogens is 1. The van der Waals surface area contributed by atoms with Crippen LogP contribution in [-0.2, 0) is 6.42 Å². The zero-order valence-electron chi connectivity index (χ0n) is 14.6. The van der Waals surface area contributed by atoms with Crippen LogP contribution in [0.1, 0.15) is 52.0 Å². The summed E-state index contributed by atoms with van der Waals surface area (Å²) in [6.45, 7) is 6.00. The van der Waals surface area contributed by atoms with Crippen LogP contribution in [0.4, 0.5) is 0 Å². The lowest BCUT2D eigenvalue weighted by Crippen LogP contribution is -2.56. The molecule has 0 bridgehead atoms. The van der Waals surface area contributed by atoms with E-state index in [4.69, 9.17) is 0 Å². The van der Waals surface area contributed by atoms with Gasteiger partial charge in [0.05, 0.1) is 37.8 Å². The standard InChI is InChI=1S/C19H27N3O2/c1-22(13-10-20-11-14-22)12-5-3-2-4-7-15-8-6-9-16-17(15)19(24)21-18(16)23/h6,8-9,20H,2-5,7,10-14H2,1H3/p+1. The summed E-state index contributed by atoms with van der Waals surface area (Å²) in [6, 6.07) is 5.59. The molecular weight excluding hydrogens is 302 g/mol. The molecule has 0 spiro atoms. The third-order valence-corrected chi connectivity index (χ3v) is 5.40. The van der Waals surface area contributed by atoms with Gasteiger partial charge in [-0.15, -0.1) is 0 Å². The molecule has 0 aromatic heterocycles. The summed E-state index contributed by atoms with van der Waals surface area (Å²) in [5, 5.41) is 5.81. The van der Waals surface area contributed by atoms with Crippen LogP contribution in [0, 0.1) is 0 Å². The monoisotopic (exact) mass is 330 g/mol. The summed E-state index contributed by atoms with van der Waals surface area (Å²) < 4.78 is 1.20. The van der Waals surface area contributed by atoms with Gasteiger partial charge in [-0.1, -0.05) is 18.6 Å². The minimum absolute atomic E-state index is 0.235. The van der Waals surface area contributed by atoms with Crippen LogP contribution in [0.5, 0.6) is 0 Å². The van der Waals surface area contributed by atoms with Crippen molar-refractivity contribution in [3.8, 4) is 0 Å². The van der Waals surface area contributed by atoms with Crippen LogP contribution < -0.4 is 10.6 Å². The molecule has 5 heteroatoms. The van der Waals surface area contributed by atoms with Crippen molar-refractivity contribution >= 4 is 11.8 Å². The van der Waals surface area contributed by atoms with E-state index in [1.807, 2.05) is 12.1 Å². The third-order valence-electron chi connectivity index (χ3n) is 5.40. The molecule has 24 heavy (non-hydrogen) atoms. The second kappa shape index (κ2) is 7.45. The van der Waals surface area contributed by atoms with Crippen molar-refractivity contribution in [3.63, 3.8) is 0 Å². The highest BCUT2D eigenvalue weighted by molar-refractivity contribution is 6.22. The number of imide groups is 1. The Morgan fingerprint density at radius 1 is 1.00 bits per heavy atom. The van der Waals surface area contributed by atoms with Crippen molar-refractivity contribution in [3.05, 3.63) is 34.9 Å². The topological polar surface area (TPSA) is 58.2 Å². The minimum Gasteiger partial charge on any atom is -0.324 e. The molecule has 2 amide bonds. The quantitative estimate of drug-likeness (QED) is 0.455. The Morgan fingerprint density at radius 2 is 1.75 bits per heavy atom. The maximum absolute atomic E-state index is 11.9. The van der Waals surface area contributed by atoms with Gasteiger partial charge in [-0.2, -0.15) is 0 Å². The lowest BCUT2D eigenvalue weighted by atomic mass is 9.97. The van der Waals surface area contributed by atoms with Gasteiger partial charge in [0.1, 0.15) is 0 Å². The molecule has 2 N–H and O–H groups in total. The number of aryl methyl sites for hydroxylation is 1. The number of hydrogen-bond acceptors (Lipinski definition) is 3. The SMILES string of the molecule is C[N+]1(CCCCCCc2cccc3c2C(=O)NC3=O)CCNCC1. The highest BCUT2D eigenvalue weighted by Crippen LogP contribution is 2.22. The molecule has 0 atom stereocenters. The molecule has 1 saturated heterocycles. The maximum Gasteiger partial charge on any atom is 0.259 e. The van der Waals surface area contributed by atoms with Crippen molar-refractivity contribution in [1.29, 1.82) is 0 Å². The number of carbonyl (C=O) groups is 2. The maximum atomic E-state index is 11.9. The van der Waals surface area contributed by atoms with Crippen molar-refractivity contribution in [2.24, 2.45) is 0 Å². The van der Waals surface area contributed by atoms with Gasteiger partial charge in [0, 0.05) is 13.1 Å². The summed E-state index contributed by atoms with van der Waals surface area (Å²) in [4.78, 5) is 23.6. The van der Waals surface area contributed by atoms with Gasteiger partial charge in [0.15, 0.2) is 0 Å². The van der Waals surface area contributed by atoms with E-state index in [1.165, 1.54) is 43.4 Å². The number of fused-ring (bicyclic) bond motifs is 1. The zero-order valence-corrected chi connectivity index (χ0v) is 14.6. The van der Waals surface area contributed by atoms with Crippen molar-refractivity contribution in [2.45, 2.75) is 32.1 Å².